The Bertz CT molecular complexity index is 658. The van der Waals surface area contributed by atoms with Crippen LogP contribution in [0.4, 0.5) is 10.1 Å². The molecule has 2 aromatic heterocycles. The molecule has 0 radical (unpaired) electrons. The van der Waals surface area contributed by atoms with Crippen LogP contribution < -0.4 is 4.90 Å². The van der Waals surface area contributed by atoms with E-state index in [-0.39, 0.29) is 11.8 Å². The average molecular weight is 355 g/mol. The van der Waals surface area contributed by atoms with Gasteiger partial charge in [-0.3, -0.25) is 9.78 Å². The zero-order valence-corrected chi connectivity index (χ0v) is 13.6. The van der Waals surface area contributed by atoms with Gasteiger partial charge in [-0.2, -0.15) is 5.10 Å². The Morgan fingerprint density at radius 1 is 1.52 bits per heavy atom. The summed E-state index contributed by atoms with van der Waals surface area (Å²) < 4.78 is 15.2. The minimum Gasteiger partial charge on any atom is -0.311 e. The van der Waals surface area contributed by atoms with Crippen LogP contribution in [0.1, 0.15) is 20.3 Å². The number of nitrogens with zero attached hydrogens (tertiary/aromatic N) is 4. The van der Waals surface area contributed by atoms with Crippen molar-refractivity contribution in [3.05, 3.63) is 35.1 Å². The second-order valence-electron chi connectivity index (χ2n) is 4.82. The molecule has 0 saturated carbocycles. The summed E-state index contributed by atoms with van der Waals surface area (Å²) in [6, 6.07) is 1.33. The van der Waals surface area contributed by atoms with Crippen LogP contribution in [0, 0.1) is 11.7 Å². The second-order valence-corrected chi connectivity index (χ2v) is 5.57. The van der Waals surface area contributed by atoms with Crippen molar-refractivity contribution < 1.29 is 9.18 Å². The monoisotopic (exact) mass is 354 g/mol. The summed E-state index contributed by atoms with van der Waals surface area (Å²) in [6.45, 7) is 3.85. The largest absolute Gasteiger partial charge is 0.311 e. The summed E-state index contributed by atoms with van der Waals surface area (Å²) in [6.07, 6.45) is 5.06. The van der Waals surface area contributed by atoms with E-state index in [1.54, 1.807) is 18.1 Å². The first-order chi connectivity index (χ1) is 9.93. The molecule has 7 heteroatoms. The number of pyridine rings is 1. The quantitative estimate of drug-likeness (QED) is 0.847. The molecule has 1 unspecified atom stereocenters. The Morgan fingerprint density at radius 2 is 2.24 bits per heavy atom. The van der Waals surface area contributed by atoms with E-state index >= 15 is 0 Å². The third-order valence-electron chi connectivity index (χ3n) is 3.33. The number of halogens is 2. The van der Waals surface area contributed by atoms with Crippen LogP contribution in [0.25, 0.3) is 5.69 Å². The molecule has 1 amide bonds. The standard InChI is InChI=1S/C14H16BrFN4O/c1-4-9(2)14(21)19(3)12-8-20(18-13(12)15)11-5-10(16)6-17-7-11/h5-9H,4H2,1-3H3. The summed E-state index contributed by atoms with van der Waals surface area (Å²) in [4.78, 5) is 17.6. The smallest absolute Gasteiger partial charge is 0.229 e. The van der Waals surface area contributed by atoms with Gasteiger partial charge in [0.25, 0.3) is 0 Å². The molecule has 0 aliphatic carbocycles. The molecule has 21 heavy (non-hydrogen) atoms. The van der Waals surface area contributed by atoms with E-state index in [2.05, 4.69) is 26.0 Å². The minimum absolute atomic E-state index is 0.00937. The van der Waals surface area contributed by atoms with Crippen LogP contribution in [-0.4, -0.2) is 27.7 Å². The lowest BCUT2D eigenvalue weighted by molar-refractivity contribution is -0.121. The van der Waals surface area contributed by atoms with Crippen molar-refractivity contribution in [2.75, 3.05) is 11.9 Å². The molecule has 0 spiro atoms. The van der Waals surface area contributed by atoms with Crippen LogP contribution in [0.2, 0.25) is 0 Å². The lowest BCUT2D eigenvalue weighted by atomic mass is 10.1. The molecular formula is C14H16BrFN4O. The van der Waals surface area contributed by atoms with Crippen molar-refractivity contribution in [3.63, 3.8) is 0 Å². The molecule has 2 aromatic rings. The Kier molecular flexibility index (Phi) is 4.72. The van der Waals surface area contributed by atoms with Gasteiger partial charge in [0.05, 0.1) is 30.0 Å². The number of hydrogen-bond acceptors (Lipinski definition) is 3. The average Bonchev–Trinajstić information content (AvgIpc) is 2.87. The Hall–Kier alpha value is -1.76. The summed E-state index contributed by atoms with van der Waals surface area (Å²) in [5.74, 6) is -0.499. The zero-order valence-electron chi connectivity index (χ0n) is 12.0. The van der Waals surface area contributed by atoms with E-state index in [9.17, 15) is 9.18 Å². The molecule has 0 saturated heterocycles. The first kappa shape index (κ1) is 15.6. The molecule has 0 aromatic carbocycles. The number of hydrogen-bond donors (Lipinski definition) is 0. The van der Waals surface area contributed by atoms with E-state index in [0.717, 1.165) is 12.6 Å². The predicted molar refractivity (Wildman–Crippen MR) is 81.9 cm³/mol. The lowest BCUT2D eigenvalue weighted by Gasteiger charge is -2.19. The third kappa shape index (κ3) is 3.29. The number of amides is 1. The van der Waals surface area contributed by atoms with Gasteiger partial charge < -0.3 is 4.90 Å². The van der Waals surface area contributed by atoms with Crippen LogP contribution in [0.3, 0.4) is 0 Å². The highest BCUT2D eigenvalue weighted by molar-refractivity contribution is 9.10. The van der Waals surface area contributed by atoms with Crippen LogP contribution in [0.5, 0.6) is 0 Å². The molecule has 5 nitrogen and oxygen atoms in total. The fourth-order valence-electron chi connectivity index (χ4n) is 1.85. The molecule has 0 N–H and O–H groups in total. The molecule has 112 valence electrons. The fourth-order valence-corrected chi connectivity index (χ4v) is 2.39. The number of rotatable bonds is 4. The van der Waals surface area contributed by atoms with Crippen LogP contribution in [-0.2, 0) is 4.79 Å². The topological polar surface area (TPSA) is 51.0 Å². The van der Waals surface area contributed by atoms with Gasteiger partial charge in [-0.1, -0.05) is 13.8 Å². The van der Waals surface area contributed by atoms with Gasteiger partial charge in [-0.05, 0) is 22.4 Å². The van der Waals surface area contributed by atoms with Crippen molar-refractivity contribution in [1.82, 2.24) is 14.8 Å². The minimum atomic E-state index is -0.440. The zero-order chi connectivity index (χ0) is 15.6. The summed E-state index contributed by atoms with van der Waals surface area (Å²) >= 11 is 3.33. The maximum Gasteiger partial charge on any atom is 0.229 e. The van der Waals surface area contributed by atoms with Crippen LogP contribution in [0.15, 0.2) is 29.3 Å². The Balaban J connectivity index is 2.33. The van der Waals surface area contributed by atoms with E-state index in [1.807, 2.05) is 13.8 Å². The van der Waals surface area contributed by atoms with E-state index < -0.39 is 5.82 Å². The highest BCUT2D eigenvalue weighted by Crippen LogP contribution is 2.27. The summed E-state index contributed by atoms with van der Waals surface area (Å²) in [5.41, 5.74) is 1.12. The molecule has 0 aliphatic heterocycles. The highest BCUT2D eigenvalue weighted by Gasteiger charge is 2.21. The van der Waals surface area contributed by atoms with Crippen molar-refractivity contribution in [2.45, 2.75) is 20.3 Å². The van der Waals surface area contributed by atoms with Crippen molar-refractivity contribution in [2.24, 2.45) is 5.92 Å². The van der Waals surface area contributed by atoms with E-state index in [1.165, 1.54) is 16.9 Å². The second kappa shape index (κ2) is 6.34. The first-order valence-corrected chi connectivity index (χ1v) is 7.37. The lowest BCUT2D eigenvalue weighted by Crippen LogP contribution is -2.31. The number of carbonyl (C=O) groups is 1. The fraction of sp³-hybridized carbons (Fsp3) is 0.357. The maximum absolute atomic E-state index is 13.2. The number of aromatic nitrogens is 3. The molecule has 0 fully saturated rings. The van der Waals surface area contributed by atoms with E-state index in [0.29, 0.717) is 16.0 Å². The van der Waals surface area contributed by atoms with Crippen molar-refractivity contribution >= 4 is 27.5 Å². The molecule has 1 atom stereocenters. The normalized spacial score (nSPS) is 12.2. The van der Waals surface area contributed by atoms with Gasteiger partial charge >= 0.3 is 0 Å². The van der Waals surface area contributed by atoms with Gasteiger partial charge in [-0.15, -0.1) is 0 Å². The SMILES string of the molecule is CCC(C)C(=O)N(C)c1cn(-c2cncc(F)c2)nc1Br. The molecular weight excluding hydrogens is 339 g/mol. The predicted octanol–water partition coefficient (Wildman–Crippen LogP) is 3.18. The highest BCUT2D eigenvalue weighted by atomic mass is 79.9. The van der Waals surface area contributed by atoms with Gasteiger partial charge in [0.15, 0.2) is 4.60 Å². The Labute approximate surface area is 130 Å². The first-order valence-electron chi connectivity index (χ1n) is 6.57. The van der Waals surface area contributed by atoms with E-state index in [4.69, 9.17) is 0 Å². The molecule has 0 aliphatic rings. The van der Waals surface area contributed by atoms with Crippen LogP contribution >= 0.6 is 15.9 Å². The molecule has 2 heterocycles. The molecule has 0 bridgehead atoms. The number of carbonyl (C=O) groups excluding carboxylic acids is 1. The van der Waals surface area contributed by atoms with Gasteiger partial charge in [-0.25, -0.2) is 9.07 Å². The maximum atomic E-state index is 13.2. The summed E-state index contributed by atoms with van der Waals surface area (Å²) in [7, 11) is 1.70. The third-order valence-corrected chi connectivity index (χ3v) is 3.90. The molecule has 2 rings (SSSR count). The Morgan fingerprint density at radius 3 is 2.86 bits per heavy atom. The van der Waals surface area contributed by atoms with Crippen molar-refractivity contribution in [1.29, 1.82) is 0 Å². The van der Waals surface area contributed by atoms with Gasteiger partial charge in [0.2, 0.25) is 5.91 Å². The number of anilines is 1. The van der Waals surface area contributed by atoms with Gasteiger partial charge in [0.1, 0.15) is 5.82 Å². The van der Waals surface area contributed by atoms with Gasteiger partial charge in [0, 0.05) is 19.0 Å². The van der Waals surface area contributed by atoms with Crippen molar-refractivity contribution in [3.8, 4) is 5.69 Å². The summed E-state index contributed by atoms with van der Waals surface area (Å²) in [5, 5.41) is 4.24.